The molecule has 0 aliphatic carbocycles. The fraction of sp³-hybridized carbons (Fsp3) is 0.905. The molecule has 160 valence electrons. The van der Waals surface area contributed by atoms with Gasteiger partial charge in [-0.3, -0.25) is 9.59 Å². The number of carbonyl (C=O) groups excluding carboxylic acids is 2. The van der Waals surface area contributed by atoms with Gasteiger partial charge in [0.05, 0.1) is 13.2 Å². The second-order valence-electron chi connectivity index (χ2n) is 6.64. The smallest absolute Gasteiger partial charge is 0.305 e. The summed E-state index contributed by atoms with van der Waals surface area (Å²) in [6.45, 7) is 7.17. The Balaban J connectivity index is 3.31. The van der Waals surface area contributed by atoms with Gasteiger partial charge in [-0.2, -0.15) is 0 Å². The van der Waals surface area contributed by atoms with Gasteiger partial charge in [0.1, 0.15) is 13.2 Å². The Kier molecular flexibility index (Phi) is 20.3. The molecule has 0 amide bonds. The van der Waals surface area contributed by atoms with Gasteiger partial charge < -0.3 is 18.9 Å². The Bertz CT molecular complexity index is 314. The zero-order valence-corrected chi connectivity index (χ0v) is 17.5. The van der Waals surface area contributed by atoms with Gasteiger partial charge in [0, 0.05) is 26.1 Å². The number of unbranched alkanes of at least 4 members (excludes halogenated alkanes) is 6. The van der Waals surface area contributed by atoms with E-state index in [1.807, 2.05) is 0 Å². The average Bonchev–Trinajstić information content (AvgIpc) is 2.66. The highest BCUT2D eigenvalue weighted by molar-refractivity contribution is 5.72. The molecule has 6 nitrogen and oxygen atoms in total. The average molecular weight is 389 g/mol. The van der Waals surface area contributed by atoms with E-state index in [4.69, 9.17) is 18.9 Å². The molecule has 0 spiro atoms. The fourth-order valence-corrected chi connectivity index (χ4v) is 2.42. The molecule has 0 fully saturated rings. The zero-order valence-electron chi connectivity index (χ0n) is 17.5. The lowest BCUT2D eigenvalue weighted by Crippen LogP contribution is -2.13. The van der Waals surface area contributed by atoms with Gasteiger partial charge >= 0.3 is 11.9 Å². The number of ether oxygens (including phenoxy) is 4. The van der Waals surface area contributed by atoms with E-state index in [1.165, 1.54) is 38.5 Å². The van der Waals surface area contributed by atoms with Crippen molar-refractivity contribution in [3.05, 3.63) is 0 Å². The van der Waals surface area contributed by atoms with E-state index in [-0.39, 0.29) is 38.0 Å². The summed E-state index contributed by atoms with van der Waals surface area (Å²) in [5.74, 6) is -0.597. The van der Waals surface area contributed by atoms with E-state index in [9.17, 15) is 9.59 Å². The maximum Gasteiger partial charge on any atom is 0.305 e. The van der Waals surface area contributed by atoms with Gasteiger partial charge in [-0.25, -0.2) is 0 Å². The molecule has 0 rings (SSSR count). The lowest BCUT2D eigenvalue weighted by atomic mass is 10.2. The van der Waals surface area contributed by atoms with Crippen LogP contribution in [0.15, 0.2) is 0 Å². The van der Waals surface area contributed by atoms with Gasteiger partial charge in [-0.15, -0.1) is 0 Å². The summed E-state index contributed by atoms with van der Waals surface area (Å²) in [5.41, 5.74) is 0. The minimum atomic E-state index is -0.298. The van der Waals surface area contributed by atoms with Crippen LogP contribution in [0.2, 0.25) is 0 Å². The number of hydrogen-bond donors (Lipinski definition) is 0. The molecule has 0 aromatic carbocycles. The first kappa shape index (κ1) is 25.9. The molecule has 0 aromatic heterocycles. The SMILES string of the molecule is CCCCCCOCCOC(=O)CCCC(=O)OCCOCCCCCC. The summed E-state index contributed by atoms with van der Waals surface area (Å²) in [6, 6.07) is 0. The minimum Gasteiger partial charge on any atom is -0.463 e. The Morgan fingerprint density at radius 2 is 0.963 bits per heavy atom. The molecule has 0 atom stereocenters. The van der Waals surface area contributed by atoms with E-state index in [2.05, 4.69) is 13.8 Å². The van der Waals surface area contributed by atoms with Crippen molar-refractivity contribution in [2.75, 3.05) is 39.6 Å². The fourth-order valence-electron chi connectivity index (χ4n) is 2.42. The van der Waals surface area contributed by atoms with Crippen molar-refractivity contribution >= 4 is 11.9 Å². The monoisotopic (exact) mass is 388 g/mol. The van der Waals surface area contributed by atoms with Crippen LogP contribution in [0.1, 0.15) is 84.5 Å². The van der Waals surface area contributed by atoms with E-state index in [0.717, 1.165) is 12.8 Å². The van der Waals surface area contributed by atoms with Crippen LogP contribution in [-0.4, -0.2) is 51.6 Å². The number of rotatable bonds is 20. The highest BCUT2D eigenvalue weighted by Crippen LogP contribution is 2.02. The molecule has 6 heteroatoms. The number of carbonyl (C=O) groups is 2. The first-order valence-electron chi connectivity index (χ1n) is 10.7. The van der Waals surface area contributed by atoms with Crippen molar-refractivity contribution in [1.82, 2.24) is 0 Å². The van der Waals surface area contributed by atoms with Crippen LogP contribution >= 0.6 is 0 Å². The van der Waals surface area contributed by atoms with Crippen molar-refractivity contribution in [3.63, 3.8) is 0 Å². The summed E-state index contributed by atoms with van der Waals surface area (Å²) >= 11 is 0. The predicted octanol–water partition coefficient (Wildman–Crippen LogP) is 4.44. The summed E-state index contributed by atoms with van der Waals surface area (Å²) in [6.07, 6.45) is 10.2. The standard InChI is InChI=1S/C21H40O6/c1-3-5-7-9-14-24-16-18-26-20(22)12-11-13-21(23)27-19-17-25-15-10-8-6-4-2/h3-19H2,1-2H3. The normalized spacial score (nSPS) is 10.7. The van der Waals surface area contributed by atoms with E-state index < -0.39 is 0 Å². The Morgan fingerprint density at radius 3 is 1.37 bits per heavy atom. The molecule has 0 aromatic rings. The van der Waals surface area contributed by atoms with Crippen LogP contribution in [0.4, 0.5) is 0 Å². The molecular formula is C21H40O6. The lowest BCUT2D eigenvalue weighted by Gasteiger charge is -2.07. The summed E-state index contributed by atoms with van der Waals surface area (Å²) < 4.78 is 20.9. The van der Waals surface area contributed by atoms with E-state index in [0.29, 0.717) is 32.8 Å². The molecule has 0 unspecified atom stereocenters. The van der Waals surface area contributed by atoms with Crippen molar-refractivity contribution in [2.45, 2.75) is 84.5 Å². The van der Waals surface area contributed by atoms with E-state index in [1.54, 1.807) is 0 Å². The van der Waals surface area contributed by atoms with Crippen LogP contribution in [-0.2, 0) is 28.5 Å². The van der Waals surface area contributed by atoms with Crippen molar-refractivity contribution in [1.29, 1.82) is 0 Å². The minimum absolute atomic E-state index is 0.222. The summed E-state index contributed by atoms with van der Waals surface area (Å²) in [5, 5.41) is 0. The second kappa shape index (κ2) is 21.2. The largest absolute Gasteiger partial charge is 0.463 e. The van der Waals surface area contributed by atoms with Crippen LogP contribution in [0.25, 0.3) is 0 Å². The molecule has 0 aliphatic heterocycles. The summed E-state index contributed by atoms with van der Waals surface area (Å²) in [7, 11) is 0. The van der Waals surface area contributed by atoms with Gasteiger partial charge in [0.2, 0.25) is 0 Å². The Morgan fingerprint density at radius 1 is 0.519 bits per heavy atom. The third kappa shape index (κ3) is 21.0. The van der Waals surface area contributed by atoms with Crippen LogP contribution < -0.4 is 0 Å². The topological polar surface area (TPSA) is 71.1 Å². The van der Waals surface area contributed by atoms with Gasteiger partial charge in [0.15, 0.2) is 0 Å². The van der Waals surface area contributed by atoms with E-state index >= 15 is 0 Å². The van der Waals surface area contributed by atoms with Gasteiger partial charge in [0.25, 0.3) is 0 Å². The third-order valence-corrected chi connectivity index (χ3v) is 4.03. The van der Waals surface area contributed by atoms with Crippen molar-refractivity contribution in [3.8, 4) is 0 Å². The molecule has 0 radical (unpaired) electrons. The second-order valence-corrected chi connectivity index (χ2v) is 6.64. The number of esters is 2. The number of hydrogen-bond acceptors (Lipinski definition) is 6. The maximum atomic E-state index is 11.6. The highest BCUT2D eigenvalue weighted by Gasteiger charge is 2.07. The van der Waals surface area contributed by atoms with Crippen LogP contribution in [0, 0.1) is 0 Å². The van der Waals surface area contributed by atoms with Gasteiger partial charge in [-0.1, -0.05) is 52.4 Å². The quantitative estimate of drug-likeness (QED) is 0.227. The van der Waals surface area contributed by atoms with Crippen molar-refractivity contribution < 1.29 is 28.5 Å². The molecule has 27 heavy (non-hydrogen) atoms. The molecular weight excluding hydrogens is 348 g/mol. The van der Waals surface area contributed by atoms with Crippen molar-refractivity contribution in [2.24, 2.45) is 0 Å². The summed E-state index contributed by atoms with van der Waals surface area (Å²) in [4.78, 5) is 23.1. The third-order valence-electron chi connectivity index (χ3n) is 4.03. The molecule has 0 heterocycles. The first-order valence-corrected chi connectivity index (χ1v) is 10.7. The van der Waals surface area contributed by atoms with Crippen LogP contribution in [0.3, 0.4) is 0 Å². The zero-order chi connectivity index (χ0) is 20.0. The van der Waals surface area contributed by atoms with Crippen LogP contribution in [0.5, 0.6) is 0 Å². The van der Waals surface area contributed by atoms with Gasteiger partial charge in [-0.05, 0) is 19.3 Å². The molecule has 0 N–H and O–H groups in total. The highest BCUT2D eigenvalue weighted by atomic mass is 16.6. The Hall–Kier alpha value is -1.14. The predicted molar refractivity (Wildman–Crippen MR) is 106 cm³/mol. The molecule has 0 bridgehead atoms. The lowest BCUT2D eigenvalue weighted by molar-refractivity contribution is -0.147. The molecule has 0 saturated heterocycles. The molecule has 0 saturated carbocycles. The maximum absolute atomic E-state index is 11.6. The Labute approximate surface area is 165 Å². The first-order chi connectivity index (χ1) is 13.2. The molecule has 0 aliphatic rings.